The highest BCUT2D eigenvalue weighted by Gasteiger charge is 2.33. The van der Waals surface area contributed by atoms with Crippen LogP contribution in [0.5, 0.6) is 0 Å². The highest BCUT2D eigenvalue weighted by atomic mass is 19.4. The van der Waals surface area contributed by atoms with Crippen molar-refractivity contribution in [3.8, 4) is 6.07 Å². The lowest BCUT2D eigenvalue weighted by atomic mass is 10.1. The molecule has 0 unspecified atom stereocenters. The largest absolute Gasteiger partial charge is 0.417 e. The van der Waals surface area contributed by atoms with Crippen LogP contribution in [-0.2, 0) is 6.18 Å². The fourth-order valence-corrected chi connectivity index (χ4v) is 1.49. The van der Waals surface area contributed by atoms with Crippen LogP contribution >= 0.6 is 0 Å². The van der Waals surface area contributed by atoms with Gasteiger partial charge in [0.05, 0.1) is 17.2 Å². The Kier molecular flexibility index (Phi) is 4.60. The van der Waals surface area contributed by atoms with Gasteiger partial charge in [0, 0.05) is 12.2 Å². The summed E-state index contributed by atoms with van der Waals surface area (Å²) < 4.78 is 38.1. The highest BCUT2D eigenvalue weighted by molar-refractivity contribution is 5.53. The predicted molar refractivity (Wildman–Crippen MR) is 64.1 cm³/mol. The van der Waals surface area contributed by atoms with Crippen LogP contribution in [0.25, 0.3) is 0 Å². The van der Waals surface area contributed by atoms with E-state index in [0.29, 0.717) is 18.2 Å². The first-order valence-electron chi connectivity index (χ1n) is 5.70. The molecule has 1 N–H and O–H groups in total. The molecule has 0 spiro atoms. The van der Waals surface area contributed by atoms with Crippen LogP contribution in [0.1, 0.15) is 31.4 Å². The maximum atomic E-state index is 12.7. The fourth-order valence-electron chi connectivity index (χ4n) is 1.49. The van der Waals surface area contributed by atoms with Crippen molar-refractivity contribution in [1.82, 2.24) is 0 Å². The third-order valence-electron chi connectivity index (χ3n) is 2.50. The first-order chi connectivity index (χ1) is 8.34. The van der Waals surface area contributed by atoms with E-state index in [-0.39, 0.29) is 5.56 Å². The standard InChI is InChI=1S/C13H15F3N2/c1-9(2)5-6-18-11-4-3-10(8-17)12(7-11)13(14,15)16/h3-4,7,9,18H,5-6H2,1-2H3. The first kappa shape index (κ1) is 14.4. The van der Waals surface area contributed by atoms with Gasteiger partial charge in [-0.1, -0.05) is 13.8 Å². The molecule has 0 saturated heterocycles. The Morgan fingerprint density at radius 2 is 2.00 bits per heavy atom. The lowest BCUT2D eigenvalue weighted by Gasteiger charge is -2.12. The second-order valence-electron chi connectivity index (χ2n) is 4.48. The maximum absolute atomic E-state index is 12.7. The summed E-state index contributed by atoms with van der Waals surface area (Å²) >= 11 is 0. The number of alkyl halides is 3. The molecule has 0 aliphatic heterocycles. The van der Waals surface area contributed by atoms with Crippen LogP contribution < -0.4 is 5.32 Å². The van der Waals surface area contributed by atoms with E-state index in [1.54, 1.807) is 6.07 Å². The zero-order valence-corrected chi connectivity index (χ0v) is 10.3. The van der Waals surface area contributed by atoms with Gasteiger partial charge in [0.2, 0.25) is 0 Å². The Bertz CT molecular complexity index is 445. The van der Waals surface area contributed by atoms with Crippen LogP contribution in [0.15, 0.2) is 18.2 Å². The summed E-state index contributed by atoms with van der Waals surface area (Å²) in [6.45, 7) is 4.70. The van der Waals surface area contributed by atoms with Crippen molar-refractivity contribution in [2.45, 2.75) is 26.4 Å². The average Bonchev–Trinajstić information content (AvgIpc) is 2.27. The van der Waals surface area contributed by atoms with E-state index in [2.05, 4.69) is 5.32 Å². The molecule has 18 heavy (non-hydrogen) atoms. The number of halogens is 3. The number of nitrogens with one attached hydrogen (secondary N) is 1. The number of nitrogens with zero attached hydrogens (tertiary/aromatic N) is 1. The Balaban J connectivity index is 2.88. The highest BCUT2D eigenvalue weighted by Crippen LogP contribution is 2.33. The molecule has 0 bridgehead atoms. The molecule has 0 fully saturated rings. The van der Waals surface area contributed by atoms with Gasteiger partial charge in [0.25, 0.3) is 0 Å². The van der Waals surface area contributed by atoms with Gasteiger partial charge >= 0.3 is 6.18 Å². The van der Waals surface area contributed by atoms with Crippen LogP contribution in [0, 0.1) is 17.2 Å². The second kappa shape index (κ2) is 5.76. The van der Waals surface area contributed by atoms with Gasteiger partial charge in [-0.15, -0.1) is 0 Å². The van der Waals surface area contributed by atoms with Gasteiger partial charge in [0.1, 0.15) is 0 Å². The SMILES string of the molecule is CC(C)CCNc1ccc(C#N)c(C(F)(F)F)c1. The summed E-state index contributed by atoms with van der Waals surface area (Å²) in [5.74, 6) is 0.484. The summed E-state index contributed by atoms with van der Waals surface area (Å²) in [5, 5.41) is 11.6. The van der Waals surface area contributed by atoms with Crippen molar-refractivity contribution >= 4 is 5.69 Å². The minimum Gasteiger partial charge on any atom is -0.385 e. The third-order valence-corrected chi connectivity index (χ3v) is 2.50. The number of rotatable bonds is 4. The molecule has 98 valence electrons. The Morgan fingerprint density at radius 3 is 2.50 bits per heavy atom. The van der Waals surface area contributed by atoms with Crippen LogP contribution in [0.2, 0.25) is 0 Å². The monoisotopic (exact) mass is 256 g/mol. The van der Waals surface area contributed by atoms with Crippen molar-refractivity contribution in [2.75, 3.05) is 11.9 Å². The predicted octanol–water partition coefficient (Wildman–Crippen LogP) is 4.04. The molecule has 0 amide bonds. The van der Waals surface area contributed by atoms with Crippen LogP contribution in [0.4, 0.5) is 18.9 Å². The minimum atomic E-state index is -4.50. The van der Waals surface area contributed by atoms with Gasteiger partial charge in [-0.05, 0) is 30.5 Å². The number of hydrogen-bond donors (Lipinski definition) is 1. The van der Waals surface area contributed by atoms with E-state index >= 15 is 0 Å². The molecular formula is C13H15F3N2. The van der Waals surface area contributed by atoms with Crippen molar-refractivity contribution in [3.63, 3.8) is 0 Å². The number of anilines is 1. The maximum Gasteiger partial charge on any atom is 0.417 e. The van der Waals surface area contributed by atoms with Gasteiger partial charge < -0.3 is 5.32 Å². The molecule has 2 nitrogen and oxygen atoms in total. The first-order valence-corrected chi connectivity index (χ1v) is 5.70. The summed E-state index contributed by atoms with van der Waals surface area (Å²) in [4.78, 5) is 0. The summed E-state index contributed by atoms with van der Waals surface area (Å²) in [5.41, 5.74) is -0.849. The summed E-state index contributed by atoms with van der Waals surface area (Å²) in [6.07, 6.45) is -3.62. The van der Waals surface area contributed by atoms with Crippen molar-refractivity contribution in [2.24, 2.45) is 5.92 Å². The van der Waals surface area contributed by atoms with Crippen molar-refractivity contribution in [3.05, 3.63) is 29.3 Å². The normalized spacial score (nSPS) is 11.4. The fraction of sp³-hybridized carbons (Fsp3) is 0.462. The topological polar surface area (TPSA) is 35.8 Å². The number of hydrogen-bond acceptors (Lipinski definition) is 2. The van der Waals surface area contributed by atoms with Gasteiger partial charge in [-0.25, -0.2) is 0 Å². The Morgan fingerprint density at radius 1 is 1.33 bits per heavy atom. The second-order valence-corrected chi connectivity index (χ2v) is 4.48. The van der Waals surface area contributed by atoms with Crippen LogP contribution in [0.3, 0.4) is 0 Å². The zero-order valence-electron chi connectivity index (χ0n) is 10.3. The Labute approximate surface area is 104 Å². The molecule has 1 aromatic carbocycles. The summed E-state index contributed by atoms with van der Waals surface area (Å²) in [7, 11) is 0. The van der Waals surface area contributed by atoms with Crippen molar-refractivity contribution < 1.29 is 13.2 Å². The van der Waals surface area contributed by atoms with Gasteiger partial charge in [-0.2, -0.15) is 18.4 Å². The molecule has 0 radical (unpaired) electrons. The molecular weight excluding hydrogens is 241 g/mol. The molecule has 0 heterocycles. The lowest BCUT2D eigenvalue weighted by Crippen LogP contribution is -2.10. The van der Waals surface area contributed by atoms with E-state index in [9.17, 15) is 13.2 Å². The molecule has 0 aliphatic carbocycles. The minimum absolute atomic E-state index is 0.350. The van der Waals surface area contributed by atoms with Gasteiger partial charge in [0.15, 0.2) is 0 Å². The van der Waals surface area contributed by atoms with Gasteiger partial charge in [-0.3, -0.25) is 0 Å². The summed E-state index contributed by atoms with van der Waals surface area (Å²) in [6, 6.07) is 5.23. The number of nitriles is 1. The molecule has 0 saturated carbocycles. The molecule has 1 rings (SSSR count). The van der Waals surface area contributed by atoms with E-state index < -0.39 is 11.7 Å². The zero-order chi connectivity index (χ0) is 13.8. The Hall–Kier alpha value is -1.70. The van der Waals surface area contributed by atoms with E-state index in [1.807, 2.05) is 13.8 Å². The molecule has 0 aliphatic rings. The lowest BCUT2D eigenvalue weighted by molar-refractivity contribution is -0.137. The quantitative estimate of drug-likeness (QED) is 0.882. The smallest absolute Gasteiger partial charge is 0.385 e. The third kappa shape index (κ3) is 3.95. The average molecular weight is 256 g/mol. The van der Waals surface area contributed by atoms with Crippen LogP contribution in [-0.4, -0.2) is 6.54 Å². The number of benzene rings is 1. The van der Waals surface area contributed by atoms with E-state index in [4.69, 9.17) is 5.26 Å². The molecule has 0 atom stereocenters. The van der Waals surface area contributed by atoms with Crippen molar-refractivity contribution in [1.29, 1.82) is 5.26 Å². The van der Waals surface area contributed by atoms with E-state index in [1.165, 1.54) is 12.1 Å². The van der Waals surface area contributed by atoms with E-state index in [0.717, 1.165) is 12.5 Å². The molecule has 0 aromatic heterocycles. The molecule has 5 heteroatoms. The molecule has 1 aromatic rings.